The summed E-state index contributed by atoms with van der Waals surface area (Å²) < 4.78 is 10.3. The highest BCUT2D eigenvalue weighted by molar-refractivity contribution is 6.37. The normalized spacial score (nSPS) is 11.7. The maximum absolute atomic E-state index is 12.5. The number of carbonyl (C=O) groups is 3. The number of carbonyl (C=O) groups excluding carboxylic acids is 2. The molecule has 1 amide bonds. The van der Waals surface area contributed by atoms with Crippen LogP contribution in [-0.2, 0) is 9.47 Å². The second-order valence-electron chi connectivity index (χ2n) is 7.25. The number of carboxylic acid groups (broad SMARTS) is 1. The number of ether oxygens (including phenoxy) is 2. The smallest absolute Gasteiger partial charge is 0.412 e. The predicted molar refractivity (Wildman–Crippen MR) is 96.2 cm³/mol. The van der Waals surface area contributed by atoms with Crippen LogP contribution in [0, 0.1) is 0 Å². The second-order valence-corrected chi connectivity index (χ2v) is 7.97. The lowest BCUT2D eigenvalue weighted by molar-refractivity contribution is 0.00705. The molecule has 1 rings (SSSR count). The number of halogens is 2. The van der Waals surface area contributed by atoms with Gasteiger partial charge in [-0.05, 0) is 41.5 Å². The Labute approximate surface area is 160 Å². The van der Waals surface area contributed by atoms with Crippen molar-refractivity contribution >= 4 is 46.9 Å². The fourth-order valence-electron chi connectivity index (χ4n) is 1.77. The van der Waals surface area contributed by atoms with Gasteiger partial charge in [0.15, 0.2) is 0 Å². The van der Waals surface area contributed by atoms with Crippen LogP contribution in [-0.4, -0.2) is 39.3 Å². The van der Waals surface area contributed by atoms with Crippen LogP contribution >= 0.6 is 23.2 Å². The van der Waals surface area contributed by atoms with Gasteiger partial charge in [0.25, 0.3) is 0 Å². The van der Waals surface area contributed by atoms with E-state index in [0.29, 0.717) is 0 Å². The van der Waals surface area contributed by atoms with Crippen molar-refractivity contribution in [3.8, 4) is 0 Å². The fraction of sp³-hybridized carbons (Fsp3) is 0.500. The Bertz CT molecular complexity index is 751. The van der Waals surface area contributed by atoms with Crippen molar-refractivity contribution in [1.82, 2.24) is 4.98 Å². The molecule has 0 aliphatic carbocycles. The SMILES string of the molecule is CC(C)(C)OC(=O)Nc1c(C(=O)O)c(Cl)nc(Cl)c1C(=O)OC(C)(C)C. The number of nitrogens with one attached hydrogen (secondary N) is 1. The van der Waals surface area contributed by atoms with E-state index in [0.717, 1.165) is 0 Å². The number of amides is 1. The first-order valence-electron chi connectivity index (χ1n) is 7.48. The maximum atomic E-state index is 12.5. The Morgan fingerprint density at radius 3 is 1.81 bits per heavy atom. The van der Waals surface area contributed by atoms with E-state index in [2.05, 4.69) is 10.3 Å². The van der Waals surface area contributed by atoms with Gasteiger partial charge < -0.3 is 14.6 Å². The second kappa shape index (κ2) is 7.67. The molecule has 0 aliphatic rings. The standard InChI is InChI=1S/C16H20Cl2N2O6/c1-15(2,3)25-13(23)8-9(19-14(24)26-16(4,5)6)7(12(21)22)10(17)20-11(8)18/h1-6H3,(H,21,22)(H,19,20,24). The summed E-state index contributed by atoms with van der Waals surface area (Å²) in [5, 5.41) is 10.7. The van der Waals surface area contributed by atoms with E-state index in [4.69, 9.17) is 32.7 Å². The van der Waals surface area contributed by atoms with E-state index in [1.807, 2.05) is 0 Å². The van der Waals surface area contributed by atoms with Gasteiger partial charge in [-0.1, -0.05) is 23.2 Å². The number of carboxylic acids is 1. The third-order valence-corrected chi connectivity index (χ3v) is 3.10. The van der Waals surface area contributed by atoms with Crippen LogP contribution in [0.15, 0.2) is 0 Å². The van der Waals surface area contributed by atoms with Crippen LogP contribution in [0.4, 0.5) is 10.5 Å². The summed E-state index contributed by atoms with van der Waals surface area (Å²) in [5.74, 6) is -2.49. The highest BCUT2D eigenvalue weighted by Gasteiger charge is 2.31. The lowest BCUT2D eigenvalue weighted by Crippen LogP contribution is -2.30. The Morgan fingerprint density at radius 1 is 0.923 bits per heavy atom. The van der Waals surface area contributed by atoms with Gasteiger partial charge in [0, 0.05) is 0 Å². The van der Waals surface area contributed by atoms with Gasteiger partial charge in [-0.3, -0.25) is 5.32 Å². The summed E-state index contributed by atoms with van der Waals surface area (Å²) in [6, 6.07) is 0. The van der Waals surface area contributed by atoms with Gasteiger partial charge in [-0.2, -0.15) is 0 Å². The molecule has 0 saturated carbocycles. The van der Waals surface area contributed by atoms with E-state index in [-0.39, 0.29) is 0 Å². The predicted octanol–water partition coefficient (Wildman–Crippen LogP) is 4.39. The molecule has 1 aromatic heterocycles. The Balaban J connectivity index is 3.53. The molecule has 0 bridgehead atoms. The minimum Gasteiger partial charge on any atom is -0.478 e. The molecule has 10 heteroatoms. The molecule has 0 unspecified atom stereocenters. The van der Waals surface area contributed by atoms with Crippen molar-refractivity contribution in [3.63, 3.8) is 0 Å². The van der Waals surface area contributed by atoms with Gasteiger partial charge >= 0.3 is 18.0 Å². The number of aromatic nitrogens is 1. The maximum Gasteiger partial charge on any atom is 0.412 e. The number of hydrogen-bond donors (Lipinski definition) is 2. The monoisotopic (exact) mass is 406 g/mol. The van der Waals surface area contributed by atoms with Crippen molar-refractivity contribution in [2.24, 2.45) is 0 Å². The van der Waals surface area contributed by atoms with Crippen molar-refractivity contribution in [2.75, 3.05) is 5.32 Å². The minimum atomic E-state index is -1.52. The minimum absolute atomic E-state index is 0.416. The molecule has 2 N–H and O–H groups in total. The largest absolute Gasteiger partial charge is 0.478 e. The lowest BCUT2D eigenvalue weighted by Gasteiger charge is -2.23. The molecule has 0 saturated heterocycles. The first-order chi connectivity index (χ1) is 11.6. The number of rotatable bonds is 3. The summed E-state index contributed by atoms with van der Waals surface area (Å²) in [4.78, 5) is 39.8. The Kier molecular flexibility index (Phi) is 6.49. The first-order valence-corrected chi connectivity index (χ1v) is 8.23. The third kappa shape index (κ3) is 6.03. The molecule has 0 aliphatic heterocycles. The molecule has 144 valence electrons. The molecule has 0 fully saturated rings. The van der Waals surface area contributed by atoms with Crippen LogP contribution < -0.4 is 5.32 Å². The Hall–Kier alpha value is -2.06. The number of anilines is 1. The molecule has 0 aromatic carbocycles. The summed E-state index contributed by atoms with van der Waals surface area (Å²) in [6.45, 7) is 9.69. The quantitative estimate of drug-likeness (QED) is 0.564. The first kappa shape index (κ1) is 22.0. The number of esters is 1. The topological polar surface area (TPSA) is 115 Å². The zero-order valence-corrected chi connectivity index (χ0v) is 16.7. The van der Waals surface area contributed by atoms with E-state index in [1.54, 1.807) is 41.5 Å². The molecule has 0 spiro atoms. The van der Waals surface area contributed by atoms with E-state index in [9.17, 15) is 19.5 Å². The zero-order chi connectivity index (χ0) is 20.4. The van der Waals surface area contributed by atoms with E-state index in [1.165, 1.54) is 0 Å². The number of aromatic carboxylic acids is 1. The number of pyridine rings is 1. The number of nitrogens with zero attached hydrogens (tertiary/aromatic N) is 1. The van der Waals surface area contributed by atoms with Gasteiger partial charge in [0.05, 0.1) is 5.69 Å². The fourth-order valence-corrected chi connectivity index (χ4v) is 2.33. The zero-order valence-electron chi connectivity index (χ0n) is 15.2. The highest BCUT2D eigenvalue weighted by Crippen LogP contribution is 2.33. The molecule has 0 atom stereocenters. The molecule has 1 aromatic rings. The van der Waals surface area contributed by atoms with Crippen LogP contribution in [0.3, 0.4) is 0 Å². The number of hydrogen-bond acceptors (Lipinski definition) is 6. The summed E-state index contributed by atoms with van der Waals surface area (Å²) in [5.41, 5.74) is -3.25. The molecule has 1 heterocycles. The van der Waals surface area contributed by atoms with Crippen LogP contribution in [0.25, 0.3) is 0 Å². The molecular weight excluding hydrogens is 387 g/mol. The van der Waals surface area contributed by atoms with Crippen molar-refractivity contribution < 1.29 is 29.0 Å². The van der Waals surface area contributed by atoms with Gasteiger partial charge in [0.2, 0.25) is 0 Å². The molecule has 8 nitrogen and oxygen atoms in total. The van der Waals surface area contributed by atoms with Gasteiger partial charge in [0.1, 0.15) is 32.6 Å². The van der Waals surface area contributed by atoms with Crippen molar-refractivity contribution in [2.45, 2.75) is 52.7 Å². The lowest BCUT2D eigenvalue weighted by atomic mass is 10.1. The third-order valence-electron chi connectivity index (χ3n) is 2.55. The summed E-state index contributed by atoms with van der Waals surface area (Å²) >= 11 is 11.8. The molecular formula is C16H20Cl2N2O6. The van der Waals surface area contributed by atoms with E-state index < -0.39 is 56.4 Å². The average Bonchev–Trinajstić information content (AvgIpc) is 2.31. The molecule has 26 heavy (non-hydrogen) atoms. The molecule has 0 radical (unpaired) electrons. The summed E-state index contributed by atoms with van der Waals surface area (Å²) in [6.07, 6.45) is -0.997. The van der Waals surface area contributed by atoms with Crippen molar-refractivity contribution in [3.05, 3.63) is 21.4 Å². The van der Waals surface area contributed by atoms with Crippen molar-refractivity contribution in [1.29, 1.82) is 0 Å². The average molecular weight is 407 g/mol. The van der Waals surface area contributed by atoms with Gasteiger partial charge in [-0.15, -0.1) is 0 Å². The van der Waals surface area contributed by atoms with Gasteiger partial charge in [-0.25, -0.2) is 19.4 Å². The van der Waals surface area contributed by atoms with Crippen LogP contribution in [0.1, 0.15) is 62.3 Å². The highest BCUT2D eigenvalue weighted by atomic mass is 35.5. The Morgan fingerprint density at radius 2 is 1.38 bits per heavy atom. The van der Waals surface area contributed by atoms with Crippen LogP contribution in [0.5, 0.6) is 0 Å². The summed E-state index contributed by atoms with van der Waals surface area (Å²) in [7, 11) is 0. The van der Waals surface area contributed by atoms with Crippen LogP contribution in [0.2, 0.25) is 10.3 Å². The van der Waals surface area contributed by atoms with E-state index >= 15 is 0 Å².